The van der Waals surface area contributed by atoms with E-state index in [1.54, 1.807) is 76.2 Å². The molecule has 7 rings (SSSR count). The van der Waals surface area contributed by atoms with Crippen molar-refractivity contribution >= 4 is 35.6 Å². The van der Waals surface area contributed by atoms with Crippen molar-refractivity contribution in [2.45, 2.75) is 128 Å². The van der Waals surface area contributed by atoms with Crippen LogP contribution in [0.4, 0.5) is 0 Å². The van der Waals surface area contributed by atoms with Crippen LogP contribution < -0.4 is 0 Å². The van der Waals surface area contributed by atoms with E-state index in [4.69, 9.17) is 37.9 Å². The molecule has 17 nitrogen and oxygen atoms in total. The summed E-state index contributed by atoms with van der Waals surface area (Å²) in [5.41, 5.74) is -6.03. The second-order valence-electron chi connectivity index (χ2n) is 19.6. The van der Waals surface area contributed by atoms with Crippen LogP contribution in [0.3, 0.4) is 0 Å². The summed E-state index contributed by atoms with van der Waals surface area (Å²) >= 11 is 0. The molecular weight excluding hydrogens is 921 g/mol. The van der Waals surface area contributed by atoms with E-state index in [2.05, 4.69) is 0 Å². The van der Waals surface area contributed by atoms with Crippen LogP contribution in [0, 0.1) is 16.7 Å². The van der Waals surface area contributed by atoms with Gasteiger partial charge in [-0.15, -0.1) is 0 Å². The molecule has 3 aliphatic carbocycles. The third-order valence-electron chi connectivity index (χ3n) is 15.0. The first-order valence-corrected chi connectivity index (χ1v) is 24.0. The number of benzene rings is 3. The average Bonchev–Trinajstić information content (AvgIpc) is 3.35. The number of fused-ring (bicyclic) bond motifs is 5. The molecule has 1 heterocycles. The number of carbonyl (C=O) groups is 6. The Balaban J connectivity index is 1.12. The highest BCUT2D eigenvalue weighted by Crippen LogP contribution is 2.64. The van der Waals surface area contributed by atoms with Crippen molar-refractivity contribution in [2.75, 3.05) is 33.0 Å². The Labute approximate surface area is 412 Å². The number of Topliss-reactive ketones (excluding diaryl/α,β-unsaturated/α-hetero) is 1. The monoisotopic (exact) mass is 984 g/mol. The van der Waals surface area contributed by atoms with E-state index in [-0.39, 0.29) is 68.6 Å². The minimum absolute atomic E-state index is 0.0140. The number of aliphatic hydroxyl groups is 3. The van der Waals surface area contributed by atoms with Crippen molar-refractivity contribution in [3.63, 3.8) is 0 Å². The van der Waals surface area contributed by atoms with Crippen molar-refractivity contribution in [1.82, 2.24) is 0 Å². The quantitative estimate of drug-likeness (QED) is 0.0627. The second kappa shape index (κ2) is 21.9. The Morgan fingerprint density at radius 2 is 1.46 bits per heavy atom. The molecule has 0 aromatic heterocycles. The number of aliphatic hydroxyl groups excluding tert-OH is 2. The van der Waals surface area contributed by atoms with Crippen LogP contribution in [-0.4, -0.2) is 132 Å². The van der Waals surface area contributed by atoms with Crippen molar-refractivity contribution in [2.24, 2.45) is 16.7 Å². The number of esters is 5. The minimum Gasteiger partial charge on any atom is -0.461 e. The van der Waals surface area contributed by atoms with Gasteiger partial charge in [-0.2, -0.15) is 0 Å². The summed E-state index contributed by atoms with van der Waals surface area (Å²) in [6.45, 7) is 8.54. The largest absolute Gasteiger partial charge is 0.461 e. The zero-order valence-electron chi connectivity index (χ0n) is 40.9. The molecule has 3 fully saturated rings. The van der Waals surface area contributed by atoms with E-state index in [9.17, 15) is 39.3 Å². The lowest BCUT2D eigenvalue weighted by Gasteiger charge is -2.67. The highest BCUT2D eigenvalue weighted by molar-refractivity contribution is 5.94. The van der Waals surface area contributed by atoms with Crippen molar-refractivity contribution in [3.8, 4) is 0 Å². The first-order chi connectivity index (χ1) is 33.8. The van der Waals surface area contributed by atoms with Crippen molar-refractivity contribution in [3.05, 3.63) is 119 Å². The second-order valence-corrected chi connectivity index (χ2v) is 19.6. The van der Waals surface area contributed by atoms with Gasteiger partial charge in [0.1, 0.15) is 43.2 Å². The molecule has 71 heavy (non-hydrogen) atoms. The molecule has 0 radical (unpaired) electrons. The predicted molar refractivity (Wildman–Crippen MR) is 251 cm³/mol. The number of carbonyl (C=O) groups excluding carboxylic acids is 6. The molecule has 0 amide bonds. The van der Waals surface area contributed by atoms with E-state index >= 15 is 4.79 Å². The van der Waals surface area contributed by atoms with Gasteiger partial charge in [0.2, 0.25) is 6.10 Å². The fourth-order valence-corrected chi connectivity index (χ4v) is 10.9. The Morgan fingerprint density at radius 1 is 0.831 bits per heavy atom. The first kappa shape index (κ1) is 53.0. The van der Waals surface area contributed by atoms with E-state index in [0.717, 1.165) is 12.5 Å². The Kier molecular flexibility index (Phi) is 16.3. The Bertz CT molecular complexity index is 2440. The van der Waals surface area contributed by atoms with Gasteiger partial charge in [0.05, 0.1) is 42.8 Å². The highest BCUT2D eigenvalue weighted by Gasteiger charge is 2.78. The summed E-state index contributed by atoms with van der Waals surface area (Å²) in [4.78, 5) is 82.6. The molecule has 1 saturated heterocycles. The van der Waals surface area contributed by atoms with Crippen LogP contribution in [0.5, 0.6) is 0 Å². The molecule has 1 aliphatic heterocycles. The molecular formula is C54H64O17. The number of hydrogen-bond acceptors (Lipinski definition) is 17. The molecule has 2 bridgehead atoms. The van der Waals surface area contributed by atoms with Gasteiger partial charge in [-0.05, 0) is 54.7 Å². The summed E-state index contributed by atoms with van der Waals surface area (Å²) in [7, 11) is 0. The van der Waals surface area contributed by atoms with Crippen LogP contribution in [-0.2, 0) is 68.5 Å². The summed E-state index contributed by atoms with van der Waals surface area (Å²) < 4.78 is 46.7. The maximum atomic E-state index is 15.1. The zero-order chi connectivity index (χ0) is 51.3. The number of ether oxygens (including phenoxy) is 8. The summed E-state index contributed by atoms with van der Waals surface area (Å²) in [6, 6.07) is 26.0. The number of ketones is 1. The minimum atomic E-state index is -2.35. The lowest BCUT2D eigenvalue weighted by molar-refractivity contribution is -0.346. The predicted octanol–water partition coefficient (Wildman–Crippen LogP) is 4.91. The van der Waals surface area contributed by atoms with Crippen LogP contribution in [0.15, 0.2) is 102 Å². The molecule has 11 atom stereocenters. The standard InChI is InChI=1S/C54H64O17/c1-32(36-19-12-8-13-20-36)45(69-42(58)30-65-26-25-64-24-16-23-41(57)66-29-35-17-10-7-11-18-35)50(62)68-38-28-54(63)48(70-49(61)37-21-14-9-15-22-37)46-52(6,47(60)44(59)43(33(38)2)51(54,4)5)39(56)27-40-53(46,31-67-40)71-34(3)55/h7-15,17-22,32,38-40,44-46,48,56,59,63H,16,23-31H2,1-6H3/t32-,38-,39-,40+,44+,45+,46-,48?,52+,53-,54-/m0/s1. The molecule has 4 aliphatic rings. The Morgan fingerprint density at radius 3 is 2.10 bits per heavy atom. The van der Waals surface area contributed by atoms with Crippen molar-refractivity contribution in [1.29, 1.82) is 0 Å². The molecule has 3 aromatic rings. The van der Waals surface area contributed by atoms with Gasteiger partial charge in [0.25, 0.3) is 0 Å². The summed E-state index contributed by atoms with van der Waals surface area (Å²) in [6.07, 6.45) is -9.50. The molecule has 0 spiro atoms. The average molecular weight is 985 g/mol. The lowest BCUT2D eigenvalue weighted by atomic mass is 9.44. The van der Waals surface area contributed by atoms with Crippen LogP contribution in [0.2, 0.25) is 0 Å². The SMILES string of the molecule is CC(=O)O[C@@]12CO[C@@H]1C[C@H](O)[C@@]1(C)C(=O)[C@H](O)C3=C(C)[C@@H](OC(=O)[C@H](OC(=O)COCCOCCCC(=O)OCc4ccccc4)[C@@H](C)c4ccccc4)C[C@](O)(C(OC(=O)c4ccccc4)[C@H]21)C3(C)C. The lowest BCUT2D eigenvalue weighted by Crippen LogP contribution is -2.81. The van der Waals surface area contributed by atoms with Gasteiger partial charge in [0.15, 0.2) is 11.4 Å². The topological polar surface area (TPSA) is 237 Å². The van der Waals surface area contributed by atoms with Gasteiger partial charge >= 0.3 is 29.8 Å². The van der Waals surface area contributed by atoms with E-state index < -0.39 is 113 Å². The van der Waals surface area contributed by atoms with E-state index in [1.807, 2.05) is 30.3 Å². The van der Waals surface area contributed by atoms with Crippen molar-refractivity contribution < 1.29 is 82.0 Å². The number of hydrogen-bond donors (Lipinski definition) is 3. The maximum Gasteiger partial charge on any atom is 0.348 e. The van der Waals surface area contributed by atoms with Gasteiger partial charge in [-0.25, -0.2) is 14.4 Å². The van der Waals surface area contributed by atoms with Gasteiger partial charge in [-0.3, -0.25) is 14.4 Å². The first-order valence-electron chi connectivity index (χ1n) is 24.0. The fourth-order valence-electron chi connectivity index (χ4n) is 10.9. The third-order valence-corrected chi connectivity index (χ3v) is 15.0. The van der Waals surface area contributed by atoms with Gasteiger partial charge < -0.3 is 53.2 Å². The highest BCUT2D eigenvalue weighted by atomic mass is 16.6. The smallest absolute Gasteiger partial charge is 0.348 e. The van der Waals surface area contributed by atoms with Crippen LogP contribution >= 0.6 is 0 Å². The molecule has 17 heteroatoms. The Hall–Kier alpha value is -5.82. The summed E-state index contributed by atoms with van der Waals surface area (Å²) in [5, 5.41) is 37.9. The van der Waals surface area contributed by atoms with Gasteiger partial charge in [-0.1, -0.05) is 99.6 Å². The maximum absolute atomic E-state index is 15.1. The van der Waals surface area contributed by atoms with Gasteiger partial charge in [0, 0.05) is 44.1 Å². The molecule has 382 valence electrons. The van der Waals surface area contributed by atoms with E-state index in [1.165, 1.54) is 19.1 Å². The van der Waals surface area contributed by atoms with Crippen LogP contribution in [0.1, 0.15) is 94.6 Å². The number of rotatable bonds is 19. The third kappa shape index (κ3) is 10.6. The molecule has 2 saturated carbocycles. The zero-order valence-corrected chi connectivity index (χ0v) is 40.9. The fraction of sp³-hybridized carbons (Fsp3) is 0.519. The molecule has 3 aromatic carbocycles. The summed E-state index contributed by atoms with van der Waals surface area (Å²) in [5.74, 6) is -7.21. The molecule has 3 N–H and O–H groups in total. The molecule has 1 unspecified atom stereocenters. The van der Waals surface area contributed by atoms with Crippen LogP contribution in [0.25, 0.3) is 0 Å². The van der Waals surface area contributed by atoms with E-state index in [0.29, 0.717) is 12.0 Å². The normalized spacial score (nSPS) is 29.3.